The lowest BCUT2D eigenvalue weighted by atomic mass is 9.99. The zero-order chi connectivity index (χ0) is 32.2. The van der Waals surface area contributed by atoms with Gasteiger partial charge in [-0.15, -0.1) is 0 Å². The van der Waals surface area contributed by atoms with E-state index in [0.717, 1.165) is 34.6 Å². The minimum atomic E-state index is -0.985. The Bertz CT molecular complexity index is 1830. The molecule has 4 aromatic rings. The summed E-state index contributed by atoms with van der Waals surface area (Å²) in [6.07, 6.45) is 2.39. The summed E-state index contributed by atoms with van der Waals surface area (Å²) in [5.41, 5.74) is 3.54. The van der Waals surface area contributed by atoms with Crippen molar-refractivity contribution in [1.29, 1.82) is 0 Å². The topological polar surface area (TPSA) is 131 Å². The molecule has 0 aliphatic carbocycles. The highest BCUT2D eigenvalue weighted by molar-refractivity contribution is 6.23. The molecule has 0 saturated carbocycles. The second-order valence-electron chi connectivity index (χ2n) is 11.1. The number of nitrogens with zero attached hydrogens (tertiary/aromatic N) is 1. The number of carbonyl (C=O) groups excluding carboxylic acids is 5. The molecule has 10 heteroatoms. The van der Waals surface area contributed by atoms with E-state index >= 15 is 0 Å². The summed E-state index contributed by atoms with van der Waals surface area (Å²) in [6, 6.07) is 26.0. The van der Waals surface area contributed by atoms with E-state index in [2.05, 4.69) is 10.6 Å². The third-order valence-electron chi connectivity index (χ3n) is 8.07. The van der Waals surface area contributed by atoms with Crippen molar-refractivity contribution in [3.8, 4) is 17.2 Å². The summed E-state index contributed by atoms with van der Waals surface area (Å²) in [7, 11) is 1.60. The third kappa shape index (κ3) is 6.37. The highest BCUT2D eigenvalue weighted by Gasteiger charge is 2.44. The predicted octanol–water partition coefficient (Wildman–Crippen LogP) is 5.32. The average molecular weight is 618 g/mol. The Morgan fingerprint density at radius 3 is 2.24 bits per heavy atom. The number of hydrogen-bond donors (Lipinski definition) is 2. The molecule has 1 atom stereocenters. The van der Waals surface area contributed by atoms with Crippen LogP contribution in [-0.2, 0) is 22.4 Å². The highest BCUT2D eigenvalue weighted by atomic mass is 16.5. The van der Waals surface area contributed by atoms with Gasteiger partial charge in [0.1, 0.15) is 17.5 Å². The van der Waals surface area contributed by atoms with Gasteiger partial charge in [0.05, 0.1) is 23.9 Å². The lowest BCUT2D eigenvalue weighted by Gasteiger charge is -2.27. The van der Waals surface area contributed by atoms with Gasteiger partial charge >= 0.3 is 0 Å². The Morgan fingerprint density at radius 1 is 0.826 bits per heavy atom. The molecule has 0 bridgehead atoms. The fraction of sp³-hybridized carbons (Fsp3) is 0.194. The molecule has 0 radical (unpaired) electrons. The van der Waals surface area contributed by atoms with Gasteiger partial charge in [-0.3, -0.25) is 34.2 Å². The van der Waals surface area contributed by atoms with Gasteiger partial charge in [-0.1, -0.05) is 30.3 Å². The van der Waals surface area contributed by atoms with Crippen LogP contribution in [0, 0.1) is 0 Å². The van der Waals surface area contributed by atoms with Gasteiger partial charge in [0.2, 0.25) is 11.8 Å². The summed E-state index contributed by atoms with van der Waals surface area (Å²) in [4.78, 5) is 63.9. The van der Waals surface area contributed by atoms with Crippen molar-refractivity contribution in [1.82, 2.24) is 10.2 Å². The molecule has 46 heavy (non-hydrogen) atoms. The number of methoxy groups -OCH3 is 1. The molecule has 2 heterocycles. The molecule has 6 rings (SSSR count). The average Bonchev–Trinajstić information content (AvgIpc) is 3.31. The van der Waals surface area contributed by atoms with E-state index < -0.39 is 29.7 Å². The monoisotopic (exact) mass is 617 g/mol. The van der Waals surface area contributed by atoms with E-state index in [4.69, 9.17) is 9.47 Å². The third-order valence-corrected chi connectivity index (χ3v) is 8.07. The van der Waals surface area contributed by atoms with Crippen LogP contribution in [0.25, 0.3) is 0 Å². The lowest BCUT2D eigenvalue weighted by molar-refractivity contribution is -0.136. The number of carbonyl (C=O) groups is 5. The maximum atomic E-state index is 13.1. The van der Waals surface area contributed by atoms with Crippen LogP contribution in [0.3, 0.4) is 0 Å². The number of imide groups is 2. The van der Waals surface area contributed by atoms with Crippen molar-refractivity contribution in [3.05, 3.63) is 119 Å². The minimum Gasteiger partial charge on any atom is -0.497 e. The number of aryl methyl sites for hydroxylation is 2. The minimum absolute atomic E-state index is 0.0784. The SMILES string of the molecule is COc1ccc(Oc2ccccc2NC(=O)c2ccc(CCCc3ccc4c(c3)C(=O)N(C3CCC(=O)NC3=O)C4=O)cc2)cc1. The van der Waals surface area contributed by atoms with Crippen LogP contribution < -0.4 is 20.1 Å². The highest BCUT2D eigenvalue weighted by Crippen LogP contribution is 2.31. The van der Waals surface area contributed by atoms with Gasteiger partial charge in [-0.2, -0.15) is 0 Å². The Labute approximate surface area is 265 Å². The Kier molecular flexibility index (Phi) is 8.60. The molecule has 5 amide bonds. The zero-order valence-electron chi connectivity index (χ0n) is 25.1. The summed E-state index contributed by atoms with van der Waals surface area (Å²) in [5, 5.41) is 5.14. The van der Waals surface area contributed by atoms with Gasteiger partial charge in [-0.05, 0) is 97.5 Å². The smallest absolute Gasteiger partial charge is 0.262 e. The predicted molar refractivity (Wildman–Crippen MR) is 169 cm³/mol. The van der Waals surface area contributed by atoms with Gasteiger partial charge in [0, 0.05) is 12.0 Å². The van der Waals surface area contributed by atoms with Crippen LogP contribution >= 0.6 is 0 Å². The van der Waals surface area contributed by atoms with Crippen molar-refractivity contribution in [2.75, 3.05) is 12.4 Å². The van der Waals surface area contributed by atoms with E-state index in [1.807, 2.05) is 30.3 Å². The van der Waals surface area contributed by atoms with Crippen molar-refractivity contribution in [2.24, 2.45) is 0 Å². The number of fused-ring (bicyclic) bond motifs is 1. The summed E-state index contributed by atoms with van der Waals surface area (Å²) in [6.45, 7) is 0. The molecule has 232 valence electrons. The summed E-state index contributed by atoms with van der Waals surface area (Å²) < 4.78 is 11.2. The molecular weight excluding hydrogens is 586 g/mol. The molecule has 2 N–H and O–H groups in total. The first-order valence-electron chi connectivity index (χ1n) is 15.0. The van der Waals surface area contributed by atoms with Crippen LogP contribution in [0.5, 0.6) is 17.2 Å². The van der Waals surface area contributed by atoms with Crippen LogP contribution in [0.4, 0.5) is 5.69 Å². The second kappa shape index (κ2) is 13.1. The second-order valence-corrected chi connectivity index (χ2v) is 11.1. The fourth-order valence-corrected chi connectivity index (χ4v) is 5.62. The number of piperidine rings is 1. The first kappa shape index (κ1) is 30.3. The van der Waals surface area contributed by atoms with E-state index in [-0.39, 0.29) is 29.9 Å². The molecule has 1 unspecified atom stereocenters. The van der Waals surface area contributed by atoms with Crippen LogP contribution in [0.2, 0.25) is 0 Å². The van der Waals surface area contributed by atoms with E-state index in [1.54, 1.807) is 67.8 Å². The van der Waals surface area contributed by atoms with Crippen LogP contribution in [-0.4, -0.2) is 47.6 Å². The Morgan fingerprint density at radius 2 is 1.50 bits per heavy atom. The molecule has 0 aromatic heterocycles. The van der Waals surface area contributed by atoms with Gasteiger partial charge in [0.25, 0.3) is 17.7 Å². The number of nitrogens with one attached hydrogen (secondary N) is 2. The maximum absolute atomic E-state index is 13.1. The molecule has 2 aliphatic rings. The molecular formula is C36H31N3O7. The standard InChI is InChI=1S/C36H31N3O7/c1-45-25-14-16-26(17-15-25)46-31-8-3-2-7-29(31)37-33(41)24-12-9-22(10-13-24)5-4-6-23-11-18-27-28(21-23)36(44)39(35(27)43)30-19-20-32(40)38-34(30)42/h2-3,7-18,21,30H,4-6,19-20H2,1H3,(H,37,41)(H,38,40,42). The maximum Gasteiger partial charge on any atom is 0.262 e. The van der Waals surface area contributed by atoms with Crippen LogP contribution in [0.1, 0.15) is 61.5 Å². The van der Waals surface area contributed by atoms with E-state index in [1.165, 1.54) is 0 Å². The van der Waals surface area contributed by atoms with Crippen molar-refractivity contribution in [3.63, 3.8) is 0 Å². The first-order valence-corrected chi connectivity index (χ1v) is 15.0. The Balaban J connectivity index is 1.03. The number of rotatable bonds is 10. The van der Waals surface area contributed by atoms with Crippen molar-refractivity contribution < 1.29 is 33.4 Å². The van der Waals surface area contributed by atoms with Crippen LogP contribution in [0.15, 0.2) is 91.0 Å². The van der Waals surface area contributed by atoms with Gasteiger partial charge < -0.3 is 14.8 Å². The number of para-hydroxylation sites is 2. The number of anilines is 1. The summed E-state index contributed by atoms with van der Waals surface area (Å²) >= 11 is 0. The van der Waals surface area contributed by atoms with Gasteiger partial charge in [-0.25, -0.2) is 0 Å². The lowest BCUT2D eigenvalue weighted by Crippen LogP contribution is -2.54. The van der Waals surface area contributed by atoms with Gasteiger partial charge in [0.15, 0.2) is 5.75 Å². The molecule has 4 aromatic carbocycles. The number of ether oxygens (including phenoxy) is 2. The number of amides is 5. The van der Waals surface area contributed by atoms with E-state index in [9.17, 15) is 24.0 Å². The fourth-order valence-electron chi connectivity index (χ4n) is 5.62. The number of hydrogen-bond acceptors (Lipinski definition) is 7. The molecule has 1 saturated heterocycles. The number of benzene rings is 4. The molecule has 0 spiro atoms. The van der Waals surface area contributed by atoms with Crippen molar-refractivity contribution in [2.45, 2.75) is 38.1 Å². The summed E-state index contributed by atoms with van der Waals surface area (Å²) in [5.74, 6) is -0.483. The largest absolute Gasteiger partial charge is 0.497 e. The normalized spacial score (nSPS) is 15.8. The first-order chi connectivity index (χ1) is 22.3. The van der Waals surface area contributed by atoms with E-state index in [0.29, 0.717) is 29.2 Å². The molecule has 10 nitrogen and oxygen atoms in total. The van der Waals surface area contributed by atoms with Crippen molar-refractivity contribution >= 4 is 35.2 Å². The molecule has 2 aliphatic heterocycles. The quantitative estimate of drug-likeness (QED) is 0.231. The Hall–Kier alpha value is -5.77. The zero-order valence-corrected chi connectivity index (χ0v) is 25.1. The molecule has 1 fully saturated rings.